The van der Waals surface area contributed by atoms with Crippen molar-refractivity contribution in [1.82, 2.24) is 15.5 Å². The Labute approximate surface area is 150 Å². The van der Waals surface area contributed by atoms with Crippen molar-refractivity contribution >= 4 is 39.8 Å². The first-order valence-electron chi connectivity index (χ1n) is 8.21. The molecule has 2 N–H and O–H groups in total. The SMILES string of the molecule is Cc1cccc(Nc2nnc(SCC(=O)NC3CCCC3)s2)c1C. The van der Waals surface area contributed by atoms with Crippen molar-refractivity contribution in [1.29, 1.82) is 0 Å². The molecule has 0 unspecified atom stereocenters. The summed E-state index contributed by atoms with van der Waals surface area (Å²) in [6.45, 7) is 4.17. The van der Waals surface area contributed by atoms with Crippen LogP contribution in [0.5, 0.6) is 0 Å². The van der Waals surface area contributed by atoms with Crippen LogP contribution in [0.4, 0.5) is 10.8 Å². The van der Waals surface area contributed by atoms with Crippen molar-refractivity contribution in [3.05, 3.63) is 29.3 Å². The summed E-state index contributed by atoms with van der Waals surface area (Å²) < 4.78 is 0.810. The second-order valence-electron chi connectivity index (χ2n) is 6.08. The van der Waals surface area contributed by atoms with Gasteiger partial charge in [-0.15, -0.1) is 10.2 Å². The lowest BCUT2D eigenvalue weighted by Gasteiger charge is -2.10. The van der Waals surface area contributed by atoms with E-state index in [1.807, 2.05) is 12.1 Å². The van der Waals surface area contributed by atoms with Crippen LogP contribution in [0.1, 0.15) is 36.8 Å². The molecular weight excluding hydrogens is 340 g/mol. The Bertz CT molecular complexity index is 710. The van der Waals surface area contributed by atoms with E-state index in [2.05, 4.69) is 40.7 Å². The summed E-state index contributed by atoms with van der Waals surface area (Å²) in [5.41, 5.74) is 3.49. The van der Waals surface area contributed by atoms with Crippen LogP contribution in [0.2, 0.25) is 0 Å². The van der Waals surface area contributed by atoms with E-state index in [-0.39, 0.29) is 5.91 Å². The molecule has 3 rings (SSSR count). The highest BCUT2D eigenvalue weighted by Crippen LogP contribution is 2.29. The molecular formula is C17H22N4OS2. The van der Waals surface area contributed by atoms with Crippen molar-refractivity contribution < 1.29 is 4.79 Å². The summed E-state index contributed by atoms with van der Waals surface area (Å²) in [5.74, 6) is 0.486. The monoisotopic (exact) mass is 362 g/mol. The Hall–Kier alpha value is -1.60. The van der Waals surface area contributed by atoms with E-state index in [1.54, 1.807) is 0 Å². The molecule has 2 aromatic rings. The molecule has 5 nitrogen and oxygen atoms in total. The van der Waals surface area contributed by atoms with Crippen LogP contribution in [-0.4, -0.2) is 27.9 Å². The van der Waals surface area contributed by atoms with Gasteiger partial charge in [0.05, 0.1) is 5.75 Å². The lowest BCUT2D eigenvalue weighted by molar-refractivity contribution is -0.119. The average Bonchev–Trinajstić information content (AvgIpc) is 3.22. The molecule has 0 radical (unpaired) electrons. The van der Waals surface area contributed by atoms with Gasteiger partial charge in [-0.1, -0.05) is 48.1 Å². The van der Waals surface area contributed by atoms with Gasteiger partial charge >= 0.3 is 0 Å². The number of amides is 1. The molecule has 1 saturated carbocycles. The van der Waals surface area contributed by atoms with Crippen molar-refractivity contribution in [2.75, 3.05) is 11.1 Å². The number of hydrogen-bond donors (Lipinski definition) is 2. The molecule has 1 heterocycles. The van der Waals surface area contributed by atoms with Crippen LogP contribution in [-0.2, 0) is 4.79 Å². The van der Waals surface area contributed by atoms with Crippen LogP contribution < -0.4 is 10.6 Å². The molecule has 1 aromatic heterocycles. The van der Waals surface area contributed by atoms with Gasteiger partial charge in [0.25, 0.3) is 0 Å². The van der Waals surface area contributed by atoms with E-state index >= 15 is 0 Å². The van der Waals surface area contributed by atoms with Gasteiger partial charge in [0.2, 0.25) is 11.0 Å². The number of aromatic nitrogens is 2. The molecule has 7 heteroatoms. The number of carbonyl (C=O) groups excluding carboxylic acids is 1. The lowest BCUT2D eigenvalue weighted by atomic mass is 10.1. The fourth-order valence-corrected chi connectivity index (χ4v) is 4.36. The zero-order chi connectivity index (χ0) is 16.9. The summed E-state index contributed by atoms with van der Waals surface area (Å²) in [6, 6.07) is 6.51. The van der Waals surface area contributed by atoms with Crippen LogP contribution in [0, 0.1) is 13.8 Å². The van der Waals surface area contributed by atoms with Gasteiger partial charge in [-0.2, -0.15) is 0 Å². The highest BCUT2D eigenvalue weighted by molar-refractivity contribution is 8.01. The van der Waals surface area contributed by atoms with Crippen molar-refractivity contribution in [3.63, 3.8) is 0 Å². The summed E-state index contributed by atoms with van der Waals surface area (Å²) in [6.07, 6.45) is 4.67. The molecule has 1 aliphatic carbocycles. The van der Waals surface area contributed by atoms with E-state index in [1.165, 1.54) is 47.1 Å². The third-order valence-corrected chi connectivity index (χ3v) is 6.27. The minimum atomic E-state index is 0.0890. The highest BCUT2D eigenvalue weighted by Gasteiger charge is 2.17. The van der Waals surface area contributed by atoms with Crippen molar-refractivity contribution in [2.24, 2.45) is 0 Å². The van der Waals surface area contributed by atoms with E-state index in [9.17, 15) is 4.79 Å². The number of aryl methyl sites for hydroxylation is 1. The van der Waals surface area contributed by atoms with Crippen molar-refractivity contribution in [3.8, 4) is 0 Å². The van der Waals surface area contributed by atoms with Gasteiger partial charge in [-0.05, 0) is 43.9 Å². The summed E-state index contributed by atoms with van der Waals surface area (Å²) in [5, 5.41) is 15.5. The Morgan fingerprint density at radius 1 is 1.29 bits per heavy atom. The van der Waals surface area contributed by atoms with E-state index < -0.39 is 0 Å². The van der Waals surface area contributed by atoms with Crippen LogP contribution in [0.25, 0.3) is 0 Å². The Morgan fingerprint density at radius 2 is 2.08 bits per heavy atom. The standard InChI is InChI=1S/C17H22N4OS2/c1-11-6-5-9-14(12(11)2)19-16-20-21-17(24-16)23-10-15(22)18-13-7-3-4-8-13/h5-6,9,13H,3-4,7-8,10H2,1-2H3,(H,18,22)(H,19,20). The maximum absolute atomic E-state index is 12.0. The minimum Gasteiger partial charge on any atom is -0.353 e. The summed E-state index contributed by atoms with van der Waals surface area (Å²) in [7, 11) is 0. The van der Waals surface area contributed by atoms with Crippen LogP contribution in [0.3, 0.4) is 0 Å². The number of benzene rings is 1. The molecule has 128 valence electrons. The number of anilines is 2. The van der Waals surface area contributed by atoms with Gasteiger partial charge in [-0.25, -0.2) is 0 Å². The maximum atomic E-state index is 12.0. The fourth-order valence-electron chi connectivity index (χ4n) is 2.79. The van der Waals surface area contributed by atoms with E-state index in [0.717, 1.165) is 28.0 Å². The molecule has 0 bridgehead atoms. The highest BCUT2D eigenvalue weighted by atomic mass is 32.2. The Balaban J connectivity index is 1.51. The number of nitrogens with zero attached hydrogens (tertiary/aromatic N) is 2. The first-order chi connectivity index (χ1) is 11.6. The molecule has 0 saturated heterocycles. The fraction of sp³-hybridized carbons (Fsp3) is 0.471. The number of thioether (sulfide) groups is 1. The molecule has 1 fully saturated rings. The first-order valence-corrected chi connectivity index (χ1v) is 10.0. The normalized spacial score (nSPS) is 14.8. The molecule has 0 spiro atoms. The van der Waals surface area contributed by atoms with E-state index in [4.69, 9.17) is 0 Å². The topological polar surface area (TPSA) is 66.9 Å². The van der Waals surface area contributed by atoms with Crippen LogP contribution >= 0.6 is 23.1 Å². The maximum Gasteiger partial charge on any atom is 0.230 e. The number of rotatable bonds is 6. The molecule has 1 aromatic carbocycles. The molecule has 0 aliphatic heterocycles. The molecule has 24 heavy (non-hydrogen) atoms. The molecule has 1 aliphatic rings. The van der Waals surface area contributed by atoms with Gasteiger partial charge in [0, 0.05) is 11.7 Å². The minimum absolute atomic E-state index is 0.0890. The van der Waals surface area contributed by atoms with Gasteiger partial charge in [0.15, 0.2) is 4.34 Å². The molecule has 0 atom stereocenters. The van der Waals surface area contributed by atoms with Crippen LogP contribution in [0.15, 0.2) is 22.5 Å². The second-order valence-corrected chi connectivity index (χ2v) is 8.28. The van der Waals surface area contributed by atoms with Gasteiger partial charge < -0.3 is 10.6 Å². The Morgan fingerprint density at radius 3 is 2.88 bits per heavy atom. The second kappa shape index (κ2) is 7.98. The first kappa shape index (κ1) is 17.2. The lowest BCUT2D eigenvalue weighted by Crippen LogP contribution is -2.33. The predicted octanol–water partition coefficient (Wildman–Crippen LogP) is 4.05. The zero-order valence-electron chi connectivity index (χ0n) is 14.0. The van der Waals surface area contributed by atoms with Crippen molar-refractivity contribution in [2.45, 2.75) is 49.9 Å². The number of hydrogen-bond acceptors (Lipinski definition) is 6. The number of carbonyl (C=O) groups is 1. The average molecular weight is 363 g/mol. The third kappa shape index (κ3) is 4.48. The largest absolute Gasteiger partial charge is 0.353 e. The smallest absolute Gasteiger partial charge is 0.230 e. The predicted molar refractivity (Wildman–Crippen MR) is 100 cm³/mol. The summed E-state index contributed by atoms with van der Waals surface area (Å²) in [4.78, 5) is 12.0. The Kier molecular flexibility index (Phi) is 5.73. The van der Waals surface area contributed by atoms with Gasteiger partial charge in [-0.3, -0.25) is 4.79 Å². The van der Waals surface area contributed by atoms with Gasteiger partial charge in [0.1, 0.15) is 0 Å². The third-order valence-electron chi connectivity index (χ3n) is 4.30. The van der Waals surface area contributed by atoms with E-state index in [0.29, 0.717) is 11.8 Å². The number of nitrogens with one attached hydrogen (secondary N) is 2. The molecule has 1 amide bonds. The quantitative estimate of drug-likeness (QED) is 0.759. The summed E-state index contributed by atoms with van der Waals surface area (Å²) >= 11 is 2.92. The zero-order valence-corrected chi connectivity index (χ0v) is 15.6.